The molecule has 0 aliphatic rings. The Hall–Kier alpha value is -2.54. The Balaban J connectivity index is 2.81. The van der Waals surface area contributed by atoms with Crippen LogP contribution in [0.3, 0.4) is 0 Å². The fourth-order valence-corrected chi connectivity index (χ4v) is 1.75. The van der Waals surface area contributed by atoms with E-state index in [4.69, 9.17) is 0 Å². The molecular formula is C12H9F2NO6S. The predicted octanol–water partition coefficient (Wildman–Crippen LogP) is 1.51. The Morgan fingerprint density at radius 1 is 1.41 bits per heavy atom. The summed E-state index contributed by atoms with van der Waals surface area (Å²) in [5, 5.41) is 10.5. The van der Waals surface area contributed by atoms with Crippen molar-refractivity contribution in [2.45, 2.75) is 12.8 Å². The first-order valence-electron chi connectivity index (χ1n) is 5.65. The predicted molar refractivity (Wildman–Crippen MR) is 70.1 cm³/mol. The number of hydrogen-bond donors (Lipinski definition) is 0. The standard InChI is InChI=1S/C12H9F2NO6S/c1-22(19,20)21-11(16)5-3-2-4-8-6-9(13)7-10(12(8)14)15(17)18/h6-7H,3,5H2,1H3. The second-order valence-electron chi connectivity index (χ2n) is 4.00. The van der Waals surface area contributed by atoms with Crippen LogP contribution in [-0.2, 0) is 19.1 Å². The maximum Gasteiger partial charge on any atom is 0.323 e. The lowest BCUT2D eigenvalue weighted by Crippen LogP contribution is -2.10. The highest BCUT2D eigenvalue weighted by atomic mass is 32.2. The monoisotopic (exact) mass is 333 g/mol. The van der Waals surface area contributed by atoms with Crippen molar-refractivity contribution in [2.24, 2.45) is 0 Å². The Kier molecular flexibility index (Phi) is 5.53. The van der Waals surface area contributed by atoms with Crippen molar-refractivity contribution >= 4 is 21.8 Å². The molecule has 0 unspecified atom stereocenters. The van der Waals surface area contributed by atoms with Crippen molar-refractivity contribution in [2.75, 3.05) is 6.26 Å². The average molecular weight is 333 g/mol. The summed E-state index contributed by atoms with van der Waals surface area (Å²) in [7, 11) is -3.92. The van der Waals surface area contributed by atoms with Crippen LogP contribution < -0.4 is 0 Å². The number of nitrogens with zero attached hydrogens (tertiary/aromatic N) is 1. The number of hydrogen-bond acceptors (Lipinski definition) is 6. The molecule has 0 saturated heterocycles. The van der Waals surface area contributed by atoms with Gasteiger partial charge in [0.1, 0.15) is 5.82 Å². The maximum atomic E-state index is 13.6. The molecule has 0 spiro atoms. The summed E-state index contributed by atoms with van der Waals surface area (Å²) in [6.07, 6.45) is 0.106. The highest BCUT2D eigenvalue weighted by Crippen LogP contribution is 2.21. The maximum absolute atomic E-state index is 13.6. The number of rotatable bonds is 4. The third-order valence-electron chi connectivity index (χ3n) is 2.14. The van der Waals surface area contributed by atoms with E-state index >= 15 is 0 Å². The van der Waals surface area contributed by atoms with Gasteiger partial charge in [-0.2, -0.15) is 12.8 Å². The minimum absolute atomic E-state index is 0.196. The van der Waals surface area contributed by atoms with Crippen LogP contribution in [0.5, 0.6) is 0 Å². The molecule has 0 aliphatic carbocycles. The van der Waals surface area contributed by atoms with Gasteiger partial charge in [-0.05, 0) is 6.07 Å². The fourth-order valence-electron chi connectivity index (χ4n) is 1.33. The Morgan fingerprint density at radius 3 is 2.59 bits per heavy atom. The molecular weight excluding hydrogens is 324 g/mol. The molecule has 0 radical (unpaired) electrons. The van der Waals surface area contributed by atoms with E-state index in [-0.39, 0.29) is 12.8 Å². The highest BCUT2D eigenvalue weighted by Gasteiger charge is 2.19. The lowest BCUT2D eigenvalue weighted by molar-refractivity contribution is -0.387. The van der Waals surface area contributed by atoms with Crippen molar-refractivity contribution in [1.29, 1.82) is 0 Å². The van der Waals surface area contributed by atoms with Crippen molar-refractivity contribution < 1.29 is 31.1 Å². The first-order chi connectivity index (χ1) is 10.1. The van der Waals surface area contributed by atoms with Gasteiger partial charge >= 0.3 is 21.8 Å². The summed E-state index contributed by atoms with van der Waals surface area (Å²) < 4.78 is 52.1. The summed E-state index contributed by atoms with van der Waals surface area (Å²) in [5.74, 6) is 1.04. The summed E-state index contributed by atoms with van der Waals surface area (Å²) in [5.41, 5.74) is -1.59. The van der Waals surface area contributed by atoms with Crippen molar-refractivity contribution in [3.63, 3.8) is 0 Å². The minimum atomic E-state index is -3.92. The summed E-state index contributed by atoms with van der Waals surface area (Å²) in [6, 6.07) is 1.09. The van der Waals surface area contributed by atoms with E-state index < -0.39 is 43.9 Å². The SMILES string of the molecule is CS(=O)(=O)OC(=O)CCC#Cc1cc(F)cc([N+](=O)[O-])c1F. The summed E-state index contributed by atoms with van der Waals surface area (Å²) in [4.78, 5) is 20.5. The largest absolute Gasteiger partial charge is 0.346 e. The zero-order valence-corrected chi connectivity index (χ0v) is 11.9. The number of nitro groups is 1. The zero-order valence-electron chi connectivity index (χ0n) is 11.1. The van der Waals surface area contributed by atoms with Gasteiger partial charge < -0.3 is 4.18 Å². The zero-order chi connectivity index (χ0) is 16.9. The van der Waals surface area contributed by atoms with Crippen LogP contribution >= 0.6 is 0 Å². The molecule has 10 heteroatoms. The number of nitro benzene ring substituents is 1. The van der Waals surface area contributed by atoms with E-state index in [1.165, 1.54) is 0 Å². The Morgan fingerprint density at radius 2 is 2.05 bits per heavy atom. The fraction of sp³-hybridized carbons (Fsp3) is 0.250. The molecule has 1 aromatic carbocycles. The topological polar surface area (TPSA) is 104 Å². The van der Waals surface area contributed by atoms with Gasteiger partial charge in [0.05, 0.1) is 29.2 Å². The van der Waals surface area contributed by atoms with Gasteiger partial charge in [0.25, 0.3) is 0 Å². The number of benzene rings is 1. The van der Waals surface area contributed by atoms with E-state index in [0.29, 0.717) is 18.4 Å². The third-order valence-corrected chi connectivity index (χ3v) is 2.63. The first-order valence-corrected chi connectivity index (χ1v) is 7.46. The average Bonchev–Trinajstić information content (AvgIpc) is 2.35. The lowest BCUT2D eigenvalue weighted by Gasteiger charge is -1.98. The van der Waals surface area contributed by atoms with Crippen molar-refractivity contribution in [1.82, 2.24) is 0 Å². The summed E-state index contributed by atoms with van der Waals surface area (Å²) >= 11 is 0. The van der Waals surface area contributed by atoms with Gasteiger partial charge in [-0.3, -0.25) is 14.9 Å². The van der Waals surface area contributed by atoms with Crippen LogP contribution in [0.15, 0.2) is 12.1 Å². The van der Waals surface area contributed by atoms with Crippen LogP contribution in [0.2, 0.25) is 0 Å². The Labute approximate surface area is 124 Å². The molecule has 1 rings (SSSR count). The minimum Gasteiger partial charge on any atom is -0.346 e. The van der Waals surface area contributed by atoms with Gasteiger partial charge in [-0.1, -0.05) is 11.8 Å². The van der Waals surface area contributed by atoms with E-state index in [1.54, 1.807) is 0 Å². The number of carbonyl (C=O) groups is 1. The van der Waals surface area contributed by atoms with Crippen LogP contribution in [0.25, 0.3) is 0 Å². The lowest BCUT2D eigenvalue weighted by atomic mass is 10.1. The molecule has 0 heterocycles. The Bertz CT molecular complexity index is 779. The van der Waals surface area contributed by atoms with Gasteiger partial charge in [-0.15, -0.1) is 0 Å². The van der Waals surface area contributed by atoms with E-state index in [2.05, 4.69) is 16.0 Å². The highest BCUT2D eigenvalue weighted by molar-refractivity contribution is 7.86. The molecule has 0 atom stereocenters. The smallest absolute Gasteiger partial charge is 0.323 e. The van der Waals surface area contributed by atoms with Crippen molar-refractivity contribution in [3.05, 3.63) is 39.4 Å². The van der Waals surface area contributed by atoms with Crippen LogP contribution in [0, 0.1) is 33.6 Å². The normalized spacial score (nSPS) is 10.5. The first kappa shape index (κ1) is 17.5. The van der Waals surface area contributed by atoms with Crippen LogP contribution in [-0.4, -0.2) is 25.6 Å². The van der Waals surface area contributed by atoms with Gasteiger partial charge in [0, 0.05) is 6.42 Å². The van der Waals surface area contributed by atoms with Gasteiger partial charge in [-0.25, -0.2) is 4.39 Å². The molecule has 118 valence electrons. The van der Waals surface area contributed by atoms with E-state index in [0.717, 1.165) is 0 Å². The number of carbonyl (C=O) groups excluding carboxylic acids is 1. The molecule has 0 amide bonds. The second kappa shape index (κ2) is 6.95. The molecule has 0 N–H and O–H groups in total. The molecule has 1 aromatic rings. The third kappa shape index (κ3) is 5.45. The molecule has 0 aromatic heterocycles. The molecule has 22 heavy (non-hydrogen) atoms. The van der Waals surface area contributed by atoms with Crippen molar-refractivity contribution in [3.8, 4) is 11.8 Å². The molecule has 0 saturated carbocycles. The molecule has 7 nitrogen and oxygen atoms in total. The van der Waals surface area contributed by atoms with E-state index in [1.807, 2.05) is 0 Å². The number of halogens is 2. The van der Waals surface area contributed by atoms with Gasteiger partial charge in [0.2, 0.25) is 5.82 Å². The molecule has 0 fully saturated rings. The summed E-state index contributed by atoms with van der Waals surface area (Å²) in [6.45, 7) is 0. The quantitative estimate of drug-likeness (QED) is 0.358. The molecule has 0 aliphatic heterocycles. The molecule has 0 bridgehead atoms. The second-order valence-corrected chi connectivity index (χ2v) is 5.58. The van der Waals surface area contributed by atoms with Crippen LogP contribution in [0.4, 0.5) is 14.5 Å². The van der Waals surface area contributed by atoms with E-state index in [9.17, 15) is 32.1 Å². The van der Waals surface area contributed by atoms with Crippen LogP contribution in [0.1, 0.15) is 18.4 Å². The van der Waals surface area contributed by atoms with Gasteiger partial charge in [0.15, 0.2) is 0 Å².